The summed E-state index contributed by atoms with van der Waals surface area (Å²) in [6.07, 6.45) is 8.77. The van der Waals surface area contributed by atoms with Gasteiger partial charge in [-0.2, -0.15) is 0 Å². The van der Waals surface area contributed by atoms with Crippen LogP contribution in [0.15, 0.2) is 37.1 Å². The van der Waals surface area contributed by atoms with Gasteiger partial charge in [-0.05, 0) is 6.07 Å². The first kappa shape index (κ1) is 12.6. The Balaban J connectivity index is 2.47. The minimum absolute atomic E-state index is 0.206. The number of hydrogen-bond donors (Lipinski definition) is 0. The molecular weight excluding hydrogens is 224 g/mol. The summed E-state index contributed by atoms with van der Waals surface area (Å²) in [6, 6.07) is 1.83. The van der Waals surface area contributed by atoms with Crippen LogP contribution in [0.4, 0.5) is 0 Å². The lowest BCUT2D eigenvalue weighted by Gasteiger charge is -2.39. The molecule has 0 fully saturated rings. The molecule has 4 nitrogen and oxygen atoms in total. The molecule has 0 amide bonds. The van der Waals surface area contributed by atoms with Crippen molar-refractivity contribution in [3.8, 4) is 0 Å². The van der Waals surface area contributed by atoms with Crippen LogP contribution >= 0.6 is 0 Å². The smallest absolute Gasteiger partial charge is 0.134 e. The lowest BCUT2D eigenvalue weighted by atomic mass is 9.65. The molecule has 0 aliphatic heterocycles. The summed E-state index contributed by atoms with van der Waals surface area (Å²) >= 11 is 0. The Hall–Kier alpha value is -1.84. The fraction of sp³-hybridized carbons (Fsp3) is 0.429. The molecule has 94 valence electrons. The molecule has 0 bridgehead atoms. The first-order valence-electron chi connectivity index (χ1n) is 6.00. The van der Waals surface area contributed by atoms with Gasteiger partial charge in [-0.3, -0.25) is 9.97 Å². The third-order valence-electron chi connectivity index (χ3n) is 3.89. The maximum absolute atomic E-state index is 4.42. The molecule has 2 rings (SSSR count). The van der Waals surface area contributed by atoms with Gasteiger partial charge in [0.05, 0.1) is 5.69 Å². The number of nitrogens with zero attached hydrogens (tertiary/aromatic N) is 4. The monoisotopic (exact) mass is 242 g/mol. The van der Waals surface area contributed by atoms with Crippen LogP contribution in [0.3, 0.4) is 0 Å². The van der Waals surface area contributed by atoms with E-state index < -0.39 is 0 Å². The molecule has 0 unspecified atom stereocenters. The molecule has 4 heteroatoms. The van der Waals surface area contributed by atoms with Gasteiger partial charge in [0.1, 0.15) is 5.82 Å². The van der Waals surface area contributed by atoms with Gasteiger partial charge in [-0.15, -0.1) is 0 Å². The molecule has 2 aromatic heterocycles. The quantitative estimate of drug-likeness (QED) is 0.830. The fourth-order valence-corrected chi connectivity index (χ4v) is 1.84. The molecule has 2 aromatic rings. The van der Waals surface area contributed by atoms with E-state index in [2.05, 4.69) is 47.6 Å². The molecule has 0 saturated heterocycles. The van der Waals surface area contributed by atoms with Gasteiger partial charge in [0.2, 0.25) is 0 Å². The van der Waals surface area contributed by atoms with Crippen molar-refractivity contribution in [3.63, 3.8) is 0 Å². The molecule has 18 heavy (non-hydrogen) atoms. The van der Waals surface area contributed by atoms with Crippen molar-refractivity contribution >= 4 is 0 Å². The van der Waals surface area contributed by atoms with Crippen LogP contribution in [-0.2, 0) is 10.8 Å². The minimum Gasteiger partial charge on any atom is -0.261 e. The fourth-order valence-electron chi connectivity index (χ4n) is 1.84. The van der Waals surface area contributed by atoms with Crippen molar-refractivity contribution in [2.45, 2.75) is 38.5 Å². The van der Waals surface area contributed by atoms with Crippen LogP contribution in [0.25, 0.3) is 0 Å². The lowest BCUT2D eigenvalue weighted by molar-refractivity contribution is 0.279. The Kier molecular flexibility index (Phi) is 3.11. The molecule has 0 radical (unpaired) electrons. The van der Waals surface area contributed by atoms with Crippen LogP contribution in [0.1, 0.15) is 39.2 Å². The van der Waals surface area contributed by atoms with Gasteiger partial charge in [-0.25, -0.2) is 9.97 Å². The van der Waals surface area contributed by atoms with Gasteiger partial charge in [0.25, 0.3) is 0 Å². The zero-order valence-electron chi connectivity index (χ0n) is 11.3. The molecule has 0 spiro atoms. The predicted molar refractivity (Wildman–Crippen MR) is 70.1 cm³/mol. The van der Waals surface area contributed by atoms with E-state index in [1.807, 2.05) is 12.3 Å². The Morgan fingerprint density at radius 2 is 1.44 bits per heavy atom. The first-order valence-corrected chi connectivity index (χ1v) is 6.00. The number of hydrogen-bond acceptors (Lipinski definition) is 4. The third-order valence-corrected chi connectivity index (χ3v) is 3.89. The van der Waals surface area contributed by atoms with Gasteiger partial charge >= 0.3 is 0 Å². The highest BCUT2D eigenvalue weighted by molar-refractivity contribution is 5.23. The standard InChI is InChI=1S/C14H18N4/c1-13(2,11-10-15-8-9-16-11)14(3,4)12-17-6-5-7-18-12/h5-10H,1-4H3. The maximum atomic E-state index is 4.42. The minimum atomic E-state index is -0.232. The van der Waals surface area contributed by atoms with E-state index in [0.29, 0.717) is 0 Å². The van der Waals surface area contributed by atoms with E-state index in [9.17, 15) is 0 Å². The van der Waals surface area contributed by atoms with Crippen LogP contribution in [0, 0.1) is 0 Å². The highest BCUT2D eigenvalue weighted by Crippen LogP contribution is 2.40. The molecular formula is C14H18N4. The van der Waals surface area contributed by atoms with Crippen molar-refractivity contribution in [2.24, 2.45) is 0 Å². The Bertz CT molecular complexity index is 456. The first-order chi connectivity index (χ1) is 8.46. The average molecular weight is 242 g/mol. The summed E-state index contributed by atoms with van der Waals surface area (Å²) in [5, 5.41) is 0. The Morgan fingerprint density at radius 1 is 0.778 bits per heavy atom. The highest BCUT2D eigenvalue weighted by Gasteiger charge is 2.43. The molecule has 0 saturated carbocycles. The van der Waals surface area contributed by atoms with Crippen molar-refractivity contribution < 1.29 is 0 Å². The maximum Gasteiger partial charge on any atom is 0.134 e. The zero-order valence-corrected chi connectivity index (χ0v) is 11.3. The normalized spacial score (nSPS) is 12.4. The van der Waals surface area contributed by atoms with Gasteiger partial charge in [0.15, 0.2) is 0 Å². The molecule has 0 N–H and O–H groups in total. The van der Waals surface area contributed by atoms with Crippen molar-refractivity contribution in [1.82, 2.24) is 19.9 Å². The van der Waals surface area contributed by atoms with E-state index in [-0.39, 0.29) is 10.8 Å². The second-order valence-electron chi connectivity index (χ2n) is 5.41. The largest absolute Gasteiger partial charge is 0.261 e. The average Bonchev–Trinajstić information content (AvgIpc) is 2.40. The van der Waals surface area contributed by atoms with E-state index in [1.165, 1.54) is 0 Å². The Morgan fingerprint density at radius 3 is 2.00 bits per heavy atom. The molecule has 2 heterocycles. The van der Waals surface area contributed by atoms with Crippen LogP contribution in [0.2, 0.25) is 0 Å². The summed E-state index contributed by atoms with van der Waals surface area (Å²) in [6.45, 7) is 8.56. The van der Waals surface area contributed by atoms with E-state index in [4.69, 9.17) is 0 Å². The SMILES string of the molecule is CC(C)(c1cnccn1)C(C)(C)c1ncccn1. The second-order valence-corrected chi connectivity index (χ2v) is 5.41. The summed E-state index contributed by atoms with van der Waals surface area (Å²) in [5.74, 6) is 0.820. The number of rotatable bonds is 3. The zero-order chi connectivity index (χ0) is 13.2. The van der Waals surface area contributed by atoms with E-state index >= 15 is 0 Å². The molecule has 0 aromatic carbocycles. The molecule has 0 aliphatic carbocycles. The summed E-state index contributed by atoms with van der Waals surface area (Å²) in [7, 11) is 0. The molecule has 0 aliphatic rings. The van der Waals surface area contributed by atoms with Crippen LogP contribution < -0.4 is 0 Å². The molecule has 0 atom stereocenters. The van der Waals surface area contributed by atoms with E-state index in [1.54, 1.807) is 24.8 Å². The topological polar surface area (TPSA) is 51.6 Å². The van der Waals surface area contributed by atoms with Crippen molar-refractivity contribution in [3.05, 3.63) is 48.6 Å². The van der Waals surface area contributed by atoms with Crippen molar-refractivity contribution in [1.29, 1.82) is 0 Å². The predicted octanol–water partition coefficient (Wildman–Crippen LogP) is 2.52. The summed E-state index contributed by atoms with van der Waals surface area (Å²) in [4.78, 5) is 17.3. The van der Waals surface area contributed by atoms with E-state index in [0.717, 1.165) is 11.5 Å². The summed E-state index contributed by atoms with van der Waals surface area (Å²) < 4.78 is 0. The van der Waals surface area contributed by atoms with Crippen molar-refractivity contribution in [2.75, 3.05) is 0 Å². The highest BCUT2D eigenvalue weighted by atomic mass is 14.9. The van der Waals surface area contributed by atoms with Gasteiger partial charge < -0.3 is 0 Å². The number of aromatic nitrogens is 4. The van der Waals surface area contributed by atoms with Crippen LogP contribution in [0.5, 0.6) is 0 Å². The second kappa shape index (κ2) is 4.44. The third kappa shape index (κ3) is 1.98. The van der Waals surface area contributed by atoms with Gasteiger partial charge in [0, 0.05) is 41.8 Å². The Labute approximate surface area is 108 Å². The van der Waals surface area contributed by atoms with Gasteiger partial charge in [-0.1, -0.05) is 27.7 Å². The van der Waals surface area contributed by atoms with Crippen LogP contribution in [-0.4, -0.2) is 19.9 Å². The lowest BCUT2D eigenvalue weighted by Crippen LogP contribution is -2.42. The summed E-state index contributed by atoms with van der Waals surface area (Å²) in [5.41, 5.74) is 0.509.